The van der Waals surface area contributed by atoms with Gasteiger partial charge in [0.25, 0.3) is 0 Å². The minimum atomic E-state index is 0.162. The molecule has 0 unspecified atom stereocenters. The molecule has 23 heavy (non-hydrogen) atoms. The zero-order valence-electron chi connectivity index (χ0n) is 13.8. The highest BCUT2D eigenvalue weighted by molar-refractivity contribution is 5.83. The Balaban J connectivity index is 1.42. The third kappa shape index (κ3) is 3.92. The van der Waals surface area contributed by atoms with E-state index >= 15 is 0 Å². The average molecular weight is 311 g/mol. The van der Waals surface area contributed by atoms with Crippen LogP contribution < -0.4 is 5.32 Å². The molecule has 0 spiro atoms. The van der Waals surface area contributed by atoms with Crippen LogP contribution in [0.25, 0.3) is 0 Å². The maximum atomic E-state index is 12.3. The van der Waals surface area contributed by atoms with E-state index in [1.54, 1.807) is 0 Å². The lowest BCUT2D eigenvalue weighted by molar-refractivity contribution is -0.122. The number of carbonyl (C=O) groups excluding carboxylic acids is 1. The highest BCUT2D eigenvalue weighted by Gasteiger charge is 2.44. The summed E-state index contributed by atoms with van der Waals surface area (Å²) in [5.74, 6) is 1.35. The van der Waals surface area contributed by atoms with Crippen molar-refractivity contribution in [3.63, 3.8) is 0 Å². The number of nitriles is 1. The van der Waals surface area contributed by atoms with Crippen molar-refractivity contribution in [1.82, 2.24) is 10.2 Å². The Morgan fingerprint density at radius 1 is 1.35 bits per heavy atom. The molecule has 0 aromatic heterocycles. The van der Waals surface area contributed by atoms with Crippen LogP contribution in [0.15, 0.2) is 24.3 Å². The van der Waals surface area contributed by atoms with Crippen molar-refractivity contribution in [2.24, 2.45) is 11.8 Å². The van der Waals surface area contributed by atoms with Crippen LogP contribution in [0.5, 0.6) is 0 Å². The van der Waals surface area contributed by atoms with Crippen molar-refractivity contribution in [1.29, 1.82) is 5.26 Å². The van der Waals surface area contributed by atoms with Gasteiger partial charge >= 0.3 is 0 Å². The molecular formula is C19H25N3O. The number of rotatable bonds is 5. The van der Waals surface area contributed by atoms with Crippen LogP contribution in [-0.2, 0) is 4.79 Å². The number of amides is 1. The van der Waals surface area contributed by atoms with Crippen LogP contribution in [0.2, 0.25) is 0 Å². The topological polar surface area (TPSA) is 56.1 Å². The van der Waals surface area contributed by atoms with Crippen LogP contribution >= 0.6 is 0 Å². The largest absolute Gasteiger partial charge is 0.356 e. The summed E-state index contributed by atoms with van der Waals surface area (Å²) in [6.45, 7) is 5.39. The number of hydrogen-bond donors (Lipinski definition) is 1. The van der Waals surface area contributed by atoms with Gasteiger partial charge in [-0.3, -0.25) is 9.69 Å². The number of hydrogen-bond acceptors (Lipinski definition) is 3. The Morgan fingerprint density at radius 3 is 2.78 bits per heavy atom. The van der Waals surface area contributed by atoms with E-state index in [0.717, 1.165) is 38.9 Å². The highest BCUT2D eigenvalue weighted by Crippen LogP contribution is 2.48. The highest BCUT2D eigenvalue weighted by atomic mass is 16.2. The molecule has 1 saturated carbocycles. The Hall–Kier alpha value is -1.86. The van der Waals surface area contributed by atoms with Gasteiger partial charge in [0, 0.05) is 12.5 Å². The minimum absolute atomic E-state index is 0.162. The van der Waals surface area contributed by atoms with E-state index in [9.17, 15) is 4.79 Å². The van der Waals surface area contributed by atoms with Crippen molar-refractivity contribution in [2.45, 2.75) is 32.1 Å². The predicted molar refractivity (Wildman–Crippen MR) is 89.8 cm³/mol. The molecule has 1 aromatic carbocycles. The summed E-state index contributed by atoms with van der Waals surface area (Å²) in [4.78, 5) is 14.5. The number of nitrogens with zero attached hydrogens (tertiary/aromatic N) is 2. The summed E-state index contributed by atoms with van der Waals surface area (Å²) >= 11 is 0. The van der Waals surface area contributed by atoms with Gasteiger partial charge in [-0.05, 0) is 62.2 Å². The Morgan fingerprint density at radius 2 is 2.09 bits per heavy atom. The summed E-state index contributed by atoms with van der Waals surface area (Å²) in [7, 11) is 0. The Kier molecular flexibility index (Phi) is 4.97. The van der Waals surface area contributed by atoms with Gasteiger partial charge in [-0.1, -0.05) is 24.3 Å². The molecule has 2 fully saturated rings. The molecule has 1 heterocycles. The SMILES string of the molecule is Cc1ccccc1[C@@H]1C[C@@H]1C(=O)NCC1CCN(CC#N)CC1. The van der Waals surface area contributed by atoms with Crippen molar-refractivity contribution >= 4 is 5.91 Å². The molecular weight excluding hydrogens is 286 g/mol. The van der Waals surface area contributed by atoms with Crippen LogP contribution in [-0.4, -0.2) is 37.0 Å². The Labute approximate surface area is 138 Å². The summed E-state index contributed by atoms with van der Waals surface area (Å²) in [6, 6.07) is 10.6. The molecule has 1 N–H and O–H groups in total. The second kappa shape index (κ2) is 7.14. The number of benzene rings is 1. The van der Waals surface area contributed by atoms with Crippen LogP contribution in [0.3, 0.4) is 0 Å². The molecule has 2 aliphatic rings. The predicted octanol–water partition coefficient (Wildman–Crippen LogP) is 2.45. The molecule has 4 nitrogen and oxygen atoms in total. The van der Waals surface area contributed by atoms with E-state index in [4.69, 9.17) is 5.26 Å². The van der Waals surface area contributed by atoms with E-state index in [0.29, 0.717) is 18.4 Å². The van der Waals surface area contributed by atoms with E-state index in [1.165, 1.54) is 11.1 Å². The second-order valence-electron chi connectivity index (χ2n) is 6.93. The Bertz CT molecular complexity index is 599. The molecule has 122 valence electrons. The van der Waals surface area contributed by atoms with Gasteiger partial charge in [0.2, 0.25) is 5.91 Å². The summed E-state index contributed by atoms with van der Waals surface area (Å²) in [5, 5.41) is 11.9. The first-order chi connectivity index (χ1) is 11.2. The third-order valence-electron chi connectivity index (χ3n) is 5.28. The zero-order valence-corrected chi connectivity index (χ0v) is 13.8. The van der Waals surface area contributed by atoms with Gasteiger partial charge in [0.05, 0.1) is 12.6 Å². The van der Waals surface area contributed by atoms with Crippen molar-refractivity contribution in [3.8, 4) is 6.07 Å². The first-order valence-electron chi connectivity index (χ1n) is 8.61. The molecule has 1 aromatic rings. The summed E-state index contributed by atoms with van der Waals surface area (Å²) < 4.78 is 0. The monoisotopic (exact) mass is 311 g/mol. The van der Waals surface area contributed by atoms with Gasteiger partial charge in [-0.2, -0.15) is 5.26 Å². The lowest BCUT2D eigenvalue weighted by Gasteiger charge is -2.30. The molecule has 1 amide bonds. The smallest absolute Gasteiger partial charge is 0.223 e. The zero-order chi connectivity index (χ0) is 16.2. The maximum Gasteiger partial charge on any atom is 0.223 e. The first kappa shape index (κ1) is 16.0. The molecule has 4 heteroatoms. The van der Waals surface area contributed by atoms with E-state index in [1.807, 2.05) is 0 Å². The molecule has 0 radical (unpaired) electrons. The number of aryl methyl sites for hydroxylation is 1. The van der Waals surface area contributed by atoms with Crippen LogP contribution in [0.4, 0.5) is 0 Å². The molecule has 1 aliphatic carbocycles. The fraction of sp³-hybridized carbons (Fsp3) is 0.579. The molecule has 0 bridgehead atoms. The molecule has 1 saturated heterocycles. The minimum Gasteiger partial charge on any atom is -0.356 e. The maximum absolute atomic E-state index is 12.3. The lowest BCUT2D eigenvalue weighted by Crippen LogP contribution is -2.39. The number of piperidine rings is 1. The van der Waals surface area contributed by atoms with E-state index in [-0.39, 0.29) is 11.8 Å². The van der Waals surface area contributed by atoms with Gasteiger partial charge in [0.15, 0.2) is 0 Å². The fourth-order valence-electron chi connectivity index (χ4n) is 3.66. The van der Waals surface area contributed by atoms with Crippen LogP contribution in [0, 0.1) is 30.1 Å². The number of carbonyl (C=O) groups is 1. The van der Waals surface area contributed by atoms with E-state index < -0.39 is 0 Å². The van der Waals surface area contributed by atoms with E-state index in [2.05, 4.69) is 47.5 Å². The van der Waals surface area contributed by atoms with Crippen molar-refractivity contribution in [2.75, 3.05) is 26.2 Å². The average Bonchev–Trinajstić information content (AvgIpc) is 3.35. The quantitative estimate of drug-likeness (QED) is 0.850. The van der Waals surface area contributed by atoms with Gasteiger partial charge in [-0.15, -0.1) is 0 Å². The lowest BCUT2D eigenvalue weighted by atomic mass is 9.96. The normalized spacial score (nSPS) is 24.9. The van der Waals surface area contributed by atoms with Crippen LogP contribution in [0.1, 0.15) is 36.3 Å². The number of nitrogens with one attached hydrogen (secondary N) is 1. The number of likely N-dealkylation sites (tertiary alicyclic amines) is 1. The van der Waals surface area contributed by atoms with Crippen molar-refractivity contribution < 1.29 is 4.79 Å². The van der Waals surface area contributed by atoms with Gasteiger partial charge in [-0.25, -0.2) is 0 Å². The first-order valence-corrected chi connectivity index (χ1v) is 8.61. The molecule has 3 rings (SSSR count). The van der Waals surface area contributed by atoms with Gasteiger partial charge in [0.1, 0.15) is 0 Å². The third-order valence-corrected chi connectivity index (χ3v) is 5.28. The standard InChI is InChI=1S/C19H25N3O/c1-14-4-2-3-5-16(14)17-12-18(17)19(23)21-13-15-6-9-22(10-7-15)11-8-20/h2-5,15,17-18H,6-7,9-13H2,1H3,(H,21,23)/t17-,18-/m0/s1. The second-order valence-corrected chi connectivity index (χ2v) is 6.93. The van der Waals surface area contributed by atoms with Crippen molar-refractivity contribution in [3.05, 3.63) is 35.4 Å². The van der Waals surface area contributed by atoms with Gasteiger partial charge < -0.3 is 5.32 Å². The molecule has 2 atom stereocenters. The molecule has 1 aliphatic heterocycles. The fourth-order valence-corrected chi connectivity index (χ4v) is 3.66. The summed E-state index contributed by atoms with van der Waals surface area (Å²) in [6.07, 6.45) is 3.14. The summed E-state index contributed by atoms with van der Waals surface area (Å²) in [5.41, 5.74) is 2.62.